The first kappa shape index (κ1) is 22.7. The summed E-state index contributed by atoms with van der Waals surface area (Å²) in [5, 5.41) is 18.4. The molecule has 0 aromatic heterocycles. The molecule has 1 aromatic rings. The third-order valence-electron chi connectivity index (χ3n) is 4.43. The molecule has 0 amide bonds. The smallest absolute Gasteiger partial charge is 0.416 e. The van der Waals surface area contributed by atoms with Gasteiger partial charge < -0.3 is 20.7 Å². The minimum Gasteiger partial charge on any atom is -0.494 e. The second-order valence-corrected chi connectivity index (χ2v) is 6.76. The van der Waals surface area contributed by atoms with Gasteiger partial charge in [-0.2, -0.15) is 13.2 Å². The highest BCUT2D eigenvalue weighted by Crippen LogP contribution is 2.35. The van der Waals surface area contributed by atoms with Crippen molar-refractivity contribution >= 4 is 0 Å². The van der Waals surface area contributed by atoms with Crippen molar-refractivity contribution in [1.29, 1.82) is 0 Å². The number of alkyl halides is 3. The van der Waals surface area contributed by atoms with Gasteiger partial charge in [-0.1, -0.05) is 38.7 Å². The number of aryl methyl sites for hydroxylation is 1. The van der Waals surface area contributed by atoms with Gasteiger partial charge in [-0.15, -0.1) is 0 Å². The van der Waals surface area contributed by atoms with Crippen LogP contribution in [0.2, 0.25) is 0 Å². The summed E-state index contributed by atoms with van der Waals surface area (Å²) in [6.45, 7) is 1.52. The van der Waals surface area contributed by atoms with E-state index in [1.165, 1.54) is 12.1 Å². The van der Waals surface area contributed by atoms with E-state index < -0.39 is 30.5 Å². The average molecular weight is 377 g/mol. The van der Waals surface area contributed by atoms with Gasteiger partial charge in [0.25, 0.3) is 0 Å². The van der Waals surface area contributed by atoms with Crippen molar-refractivity contribution in [3.63, 3.8) is 0 Å². The summed E-state index contributed by atoms with van der Waals surface area (Å²) in [6, 6.07) is 3.91. The van der Waals surface area contributed by atoms with E-state index in [1.54, 1.807) is 0 Å². The Kier molecular flexibility index (Phi) is 9.39. The highest BCUT2D eigenvalue weighted by molar-refractivity contribution is 5.38. The number of rotatable bonds is 12. The third kappa shape index (κ3) is 7.51. The molecule has 0 unspecified atom stereocenters. The van der Waals surface area contributed by atoms with Crippen molar-refractivity contribution in [2.75, 3.05) is 19.8 Å². The second kappa shape index (κ2) is 10.7. The van der Waals surface area contributed by atoms with Crippen LogP contribution in [0.5, 0.6) is 5.75 Å². The Bertz CT molecular complexity index is 531. The van der Waals surface area contributed by atoms with Gasteiger partial charge in [0.2, 0.25) is 0 Å². The number of hydrogen-bond acceptors (Lipinski definition) is 4. The molecular formula is C19H30F3NO3. The fourth-order valence-corrected chi connectivity index (χ4v) is 2.61. The van der Waals surface area contributed by atoms with Crippen LogP contribution in [-0.4, -0.2) is 35.6 Å². The molecule has 0 heterocycles. The molecule has 0 aliphatic heterocycles. The molecule has 0 bridgehead atoms. The van der Waals surface area contributed by atoms with Gasteiger partial charge in [-0.05, 0) is 37.0 Å². The summed E-state index contributed by atoms with van der Waals surface area (Å²) in [5.74, 6) is 0.194. The zero-order chi connectivity index (χ0) is 19.6. The van der Waals surface area contributed by atoms with Crippen LogP contribution in [0.1, 0.15) is 56.6 Å². The monoisotopic (exact) mass is 377 g/mol. The number of benzene rings is 1. The molecule has 1 aromatic carbocycles. The fraction of sp³-hybridized carbons (Fsp3) is 0.684. The van der Waals surface area contributed by atoms with Crippen molar-refractivity contribution in [2.45, 2.75) is 63.6 Å². The summed E-state index contributed by atoms with van der Waals surface area (Å²) in [5.41, 5.74) is 3.76. The van der Waals surface area contributed by atoms with Crippen molar-refractivity contribution in [1.82, 2.24) is 0 Å². The summed E-state index contributed by atoms with van der Waals surface area (Å²) in [6.07, 6.45) is 0.731. The Morgan fingerprint density at radius 2 is 1.69 bits per heavy atom. The first-order valence-corrected chi connectivity index (χ1v) is 9.09. The van der Waals surface area contributed by atoms with E-state index in [4.69, 9.17) is 10.5 Å². The first-order chi connectivity index (χ1) is 12.3. The quantitative estimate of drug-likeness (QED) is 0.486. The van der Waals surface area contributed by atoms with Crippen molar-refractivity contribution in [3.05, 3.63) is 29.3 Å². The number of aliphatic hydroxyl groups is 2. The molecule has 0 atom stereocenters. The van der Waals surface area contributed by atoms with E-state index in [0.717, 1.165) is 38.2 Å². The lowest BCUT2D eigenvalue weighted by Crippen LogP contribution is -2.47. The van der Waals surface area contributed by atoms with E-state index >= 15 is 0 Å². The van der Waals surface area contributed by atoms with E-state index in [1.807, 2.05) is 0 Å². The van der Waals surface area contributed by atoms with E-state index in [9.17, 15) is 23.4 Å². The van der Waals surface area contributed by atoms with Crippen molar-refractivity contribution < 1.29 is 28.1 Å². The number of ether oxygens (including phenoxy) is 1. The summed E-state index contributed by atoms with van der Waals surface area (Å²) >= 11 is 0. The van der Waals surface area contributed by atoms with Gasteiger partial charge in [-0.3, -0.25) is 0 Å². The largest absolute Gasteiger partial charge is 0.494 e. The topological polar surface area (TPSA) is 75.7 Å². The van der Waals surface area contributed by atoms with Crippen LogP contribution in [-0.2, 0) is 12.6 Å². The highest BCUT2D eigenvalue weighted by Gasteiger charge is 2.34. The number of halogens is 3. The van der Waals surface area contributed by atoms with Gasteiger partial charge in [-0.25, -0.2) is 0 Å². The van der Waals surface area contributed by atoms with Crippen LogP contribution in [0.15, 0.2) is 18.2 Å². The second-order valence-electron chi connectivity index (χ2n) is 6.76. The minimum atomic E-state index is -4.51. The first-order valence-electron chi connectivity index (χ1n) is 9.09. The zero-order valence-corrected chi connectivity index (χ0v) is 15.3. The Morgan fingerprint density at radius 1 is 1.04 bits per heavy atom. The summed E-state index contributed by atoms with van der Waals surface area (Å²) in [7, 11) is 0. The molecule has 0 saturated heterocycles. The molecule has 26 heavy (non-hydrogen) atoms. The zero-order valence-electron chi connectivity index (χ0n) is 15.3. The van der Waals surface area contributed by atoms with Crippen LogP contribution in [0, 0.1) is 0 Å². The normalized spacial score (nSPS) is 12.4. The molecule has 1 rings (SSSR count). The molecule has 0 aliphatic carbocycles. The van der Waals surface area contributed by atoms with Crippen molar-refractivity contribution in [3.8, 4) is 5.75 Å². The van der Waals surface area contributed by atoms with Crippen LogP contribution >= 0.6 is 0 Å². The van der Waals surface area contributed by atoms with Gasteiger partial charge in [0, 0.05) is 0 Å². The molecule has 0 spiro atoms. The predicted molar refractivity (Wildman–Crippen MR) is 95.1 cm³/mol. The summed E-state index contributed by atoms with van der Waals surface area (Å²) < 4.78 is 45.5. The molecule has 150 valence electrons. The maximum absolute atomic E-state index is 13.4. The molecule has 0 radical (unpaired) electrons. The van der Waals surface area contributed by atoms with Crippen LogP contribution in [0.4, 0.5) is 13.2 Å². The van der Waals surface area contributed by atoms with Crippen LogP contribution in [0.25, 0.3) is 0 Å². The lowest BCUT2D eigenvalue weighted by Gasteiger charge is -2.25. The Hall–Kier alpha value is -1.31. The van der Waals surface area contributed by atoms with Crippen molar-refractivity contribution in [2.24, 2.45) is 5.73 Å². The molecule has 0 saturated carbocycles. The SMILES string of the molecule is CCCCCCCOc1ccc(CCC(N)(CO)CO)c(C(F)(F)F)c1. The molecule has 0 fully saturated rings. The highest BCUT2D eigenvalue weighted by atomic mass is 19.4. The Morgan fingerprint density at radius 3 is 2.27 bits per heavy atom. The molecule has 0 aliphatic rings. The maximum Gasteiger partial charge on any atom is 0.416 e. The van der Waals surface area contributed by atoms with Gasteiger partial charge in [0.1, 0.15) is 5.75 Å². The van der Waals surface area contributed by atoms with Crippen LogP contribution in [0.3, 0.4) is 0 Å². The lowest BCUT2D eigenvalue weighted by atomic mass is 9.92. The average Bonchev–Trinajstić information content (AvgIpc) is 2.62. The number of aliphatic hydroxyl groups excluding tert-OH is 2. The standard InChI is InChI=1S/C19H30F3NO3/c1-2-3-4-5-6-11-26-16-8-7-15(17(12-16)19(20,21)22)9-10-18(23,13-24)14-25/h7-8,12,24-25H,2-6,9-11,13-14,23H2,1H3. The van der Waals surface area contributed by atoms with Gasteiger partial charge >= 0.3 is 6.18 Å². The fourth-order valence-electron chi connectivity index (χ4n) is 2.61. The van der Waals surface area contributed by atoms with Gasteiger partial charge in [0.15, 0.2) is 0 Å². The molecule has 7 heteroatoms. The summed E-state index contributed by atoms with van der Waals surface area (Å²) in [4.78, 5) is 0. The van der Waals surface area contributed by atoms with E-state index in [2.05, 4.69) is 6.92 Å². The third-order valence-corrected chi connectivity index (χ3v) is 4.43. The number of hydrogen-bond donors (Lipinski definition) is 3. The Balaban J connectivity index is 2.74. The van der Waals surface area contributed by atoms with E-state index in [0.29, 0.717) is 6.61 Å². The Labute approximate surface area is 153 Å². The number of nitrogens with two attached hydrogens (primary N) is 1. The molecule has 4 nitrogen and oxygen atoms in total. The maximum atomic E-state index is 13.4. The minimum absolute atomic E-state index is 0.00373. The predicted octanol–water partition coefficient (Wildman–Crippen LogP) is 3.67. The number of unbranched alkanes of at least 4 members (excludes halogenated alkanes) is 4. The van der Waals surface area contributed by atoms with E-state index in [-0.39, 0.29) is 24.2 Å². The van der Waals surface area contributed by atoms with Crippen LogP contribution < -0.4 is 10.5 Å². The molecular weight excluding hydrogens is 347 g/mol. The van der Waals surface area contributed by atoms with Gasteiger partial charge in [0.05, 0.1) is 30.9 Å². The molecule has 4 N–H and O–H groups in total. The lowest BCUT2D eigenvalue weighted by molar-refractivity contribution is -0.138.